The van der Waals surface area contributed by atoms with Crippen molar-refractivity contribution in [1.29, 1.82) is 0 Å². The third-order valence-corrected chi connectivity index (χ3v) is 4.71. The summed E-state index contributed by atoms with van der Waals surface area (Å²) in [6.07, 6.45) is 0. The first-order valence-corrected chi connectivity index (χ1v) is 8.05. The first-order chi connectivity index (χ1) is 9.94. The van der Waals surface area contributed by atoms with Crippen molar-refractivity contribution in [3.8, 4) is 5.75 Å². The highest BCUT2D eigenvalue weighted by atomic mass is 32.2. The van der Waals surface area contributed by atoms with Crippen molar-refractivity contribution in [2.45, 2.75) is 11.8 Å². The number of hydrogen-bond donors (Lipinski definition) is 0. The van der Waals surface area contributed by atoms with Gasteiger partial charge in [0.25, 0.3) is 0 Å². The number of ketones is 1. The fourth-order valence-electron chi connectivity index (χ4n) is 2.03. The highest BCUT2D eigenvalue weighted by Gasteiger charge is 2.23. The smallest absolute Gasteiger partial charge is 0.189 e. The maximum Gasteiger partial charge on any atom is 0.189 e. The fourth-order valence-corrected chi connectivity index (χ4v) is 3.44. The van der Waals surface area contributed by atoms with Crippen LogP contribution in [0.1, 0.15) is 15.9 Å². The van der Waals surface area contributed by atoms with Crippen LogP contribution >= 0.6 is 0 Å². The summed E-state index contributed by atoms with van der Waals surface area (Å²) < 4.78 is 29.8. The van der Waals surface area contributed by atoms with Gasteiger partial charge in [-0.1, -0.05) is 35.9 Å². The van der Waals surface area contributed by atoms with Gasteiger partial charge >= 0.3 is 0 Å². The van der Waals surface area contributed by atoms with E-state index in [0.717, 1.165) is 5.56 Å². The Bertz CT molecular complexity index is 763. The van der Waals surface area contributed by atoms with E-state index in [9.17, 15) is 13.2 Å². The Morgan fingerprint density at radius 1 is 1.10 bits per heavy atom. The zero-order valence-corrected chi connectivity index (χ0v) is 12.7. The van der Waals surface area contributed by atoms with E-state index >= 15 is 0 Å². The lowest BCUT2D eigenvalue weighted by molar-refractivity contribution is 0.102. The van der Waals surface area contributed by atoms with Gasteiger partial charge in [0, 0.05) is 5.56 Å². The number of sulfone groups is 1. The molecule has 0 aliphatic heterocycles. The summed E-state index contributed by atoms with van der Waals surface area (Å²) in [6, 6.07) is 13.2. The van der Waals surface area contributed by atoms with Crippen molar-refractivity contribution >= 4 is 15.6 Å². The number of carbonyl (C=O) groups is 1. The first-order valence-electron chi connectivity index (χ1n) is 6.39. The van der Waals surface area contributed by atoms with Crippen LogP contribution in [-0.4, -0.2) is 27.1 Å². The van der Waals surface area contributed by atoms with E-state index < -0.39 is 21.4 Å². The Labute approximate surface area is 124 Å². The highest BCUT2D eigenvalue weighted by Crippen LogP contribution is 2.24. The minimum atomic E-state index is -3.74. The van der Waals surface area contributed by atoms with Gasteiger partial charge in [0.2, 0.25) is 0 Å². The number of rotatable bonds is 5. The van der Waals surface area contributed by atoms with Crippen molar-refractivity contribution in [3.05, 3.63) is 59.7 Å². The Morgan fingerprint density at radius 2 is 1.81 bits per heavy atom. The van der Waals surface area contributed by atoms with Gasteiger partial charge in [-0.05, 0) is 25.1 Å². The summed E-state index contributed by atoms with van der Waals surface area (Å²) in [4.78, 5) is 12.2. The number of ether oxygens (including phenoxy) is 1. The zero-order valence-electron chi connectivity index (χ0n) is 11.9. The number of benzene rings is 2. The predicted molar refractivity (Wildman–Crippen MR) is 80.6 cm³/mol. The summed E-state index contributed by atoms with van der Waals surface area (Å²) in [5.74, 6) is -0.754. The zero-order chi connectivity index (χ0) is 15.5. The molecule has 0 saturated heterocycles. The minimum absolute atomic E-state index is 0.0357. The lowest BCUT2D eigenvalue weighted by Crippen LogP contribution is -2.17. The standard InChI is InChI=1S/C16H16O4S/c1-12-6-5-7-13(10-12)14(17)11-21(18,19)16-9-4-3-8-15(16)20-2/h3-10H,11H2,1-2H3. The molecule has 0 fully saturated rings. The fraction of sp³-hybridized carbons (Fsp3) is 0.188. The third kappa shape index (κ3) is 3.49. The Hall–Kier alpha value is -2.14. The molecule has 2 rings (SSSR count). The van der Waals surface area contributed by atoms with Crippen LogP contribution in [0.25, 0.3) is 0 Å². The summed E-state index contributed by atoms with van der Waals surface area (Å²) >= 11 is 0. The van der Waals surface area contributed by atoms with E-state index in [0.29, 0.717) is 5.56 Å². The molecule has 0 heterocycles. The molecule has 2 aromatic carbocycles. The van der Waals surface area contributed by atoms with Gasteiger partial charge in [0.15, 0.2) is 15.6 Å². The quantitative estimate of drug-likeness (QED) is 0.797. The number of methoxy groups -OCH3 is 1. The molecule has 0 bridgehead atoms. The summed E-state index contributed by atoms with van der Waals surface area (Å²) in [7, 11) is -2.34. The molecule has 4 nitrogen and oxygen atoms in total. The monoisotopic (exact) mass is 304 g/mol. The molecule has 0 unspecified atom stereocenters. The number of Topliss-reactive ketones (excluding diaryl/α,β-unsaturated/α-hetero) is 1. The summed E-state index contributed by atoms with van der Waals surface area (Å²) in [5, 5.41) is 0. The number of aryl methyl sites for hydroxylation is 1. The van der Waals surface area contributed by atoms with Crippen LogP contribution in [0, 0.1) is 6.92 Å². The van der Waals surface area contributed by atoms with Crippen LogP contribution in [0.4, 0.5) is 0 Å². The van der Waals surface area contributed by atoms with Crippen LogP contribution in [0.3, 0.4) is 0 Å². The molecule has 0 spiro atoms. The molecule has 21 heavy (non-hydrogen) atoms. The van der Waals surface area contributed by atoms with E-state index in [1.54, 1.807) is 36.4 Å². The van der Waals surface area contributed by atoms with Crippen LogP contribution < -0.4 is 4.74 Å². The first kappa shape index (κ1) is 15.3. The van der Waals surface area contributed by atoms with Gasteiger partial charge in [-0.15, -0.1) is 0 Å². The van der Waals surface area contributed by atoms with Crippen LogP contribution in [0.15, 0.2) is 53.4 Å². The largest absolute Gasteiger partial charge is 0.495 e. The minimum Gasteiger partial charge on any atom is -0.495 e. The number of para-hydroxylation sites is 1. The molecule has 0 atom stereocenters. The highest BCUT2D eigenvalue weighted by molar-refractivity contribution is 7.92. The van der Waals surface area contributed by atoms with E-state index in [2.05, 4.69) is 0 Å². The molecule has 0 aliphatic carbocycles. The normalized spacial score (nSPS) is 11.1. The average molecular weight is 304 g/mol. The van der Waals surface area contributed by atoms with Gasteiger partial charge < -0.3 is 4.74 Å². The van der Waals surface area contributed by atoms with Gasteiger partial charge in [-0.3, -0.25) is 4.79 Å². The van der Waals surface area contributed by atoms with Gasteiger partial charge in [0.05, 0.1) is 7.11 Å². The van der Waals surface area contributed by atoms with Crippen LogP contribution in [0.5, 0.6) is 5.75 Å². The average Bonchev–Trinajstić information content (AvgIpc) is 2.46. The van der Waals surface area contributed by atoms with E-state index in [4.69, 9.17) is 4.74 Å². The third-order valence-electron chi connectivity index (χ3n) is 3.07. The van der Waals surface area contributed by atoms with E-state index in [-0.39, 0.29) is 10.6 Å². The van der Waals surface area contributed by atoms with Crippen molar-refractivity contribution in [2.24, 2.45) is 0 Å². The van der Waals surface area contributed by atoms with Gasteiger partial charge in [0.1, 0.15) is 16.4 Å². The molecular weight excluding hydrogens is 288 g/mol. The molecule has 110 valence electrons. The van der Waals surface area contributed by atoms with Gasteiger partial charge in [-0.2, -0.15) is 0 Å². The van der Waals surface area contributed by atoms with E-state index in [1.165, 1.54) is 13.2 Å². The molecular formula is C16H16O4S. The second-order valence-electron chi connectivity index (χ2n) is 4.70. The number of carbonyl (C=O) groups excluding carboxylic acids is 1. The Morgan fingerprint density at radius 3 is 2.48 bits per heavy atom. The Balaban J connectivity index is 2.31. The van der Waals surface area contributed by atoms with Crippen molar-refractivity contribution in [2.75, 3.05) is 12.9 Å². The maximum atomic E-state index is 12.4. The second-order valence-corrected chi connectivity index (χ2v) is 6.66. The van der Waals surface area contributed by atoms with E-state index in [1.807, 2.05) is 13.0 Å². The molecule has 0 amide bonds. The van der Waals surface area contributed by atoms with Crippen molar-refractivity contribution < 1.29 is 17.9 Å². The molecule has 5 heteroatoms. The molecule has 0 radical (unpaired) electrons. The van der Waals surface area contributed by atoms with Crippen molar-refractivity contribution in [3.63, 3.8) is 0 Å². The molecule has 0 aliphatic rings. The van der Waals surface area contributed by atoms with Crippen LogP contribution in [-0.2, 0) is 9.84 Å². The lowest BCUT2D eigenvalue weighted by Gasteiger charge is -2.09. The maximum absolute atomic E-state index is 12.4. The topological polar surface area (TPSA) is 60.4 Å². The molecule has 2 aromatic rings. The number of hydrogen-bond acceptors (Lipinski definition) is 4. The molecule has 0 aromatic heterocycles. The second kappa shape index (κ2) is 6.10. The summed E-state index contributed by atoms with van der Waals surface area (Å²) in [6.45, 7) is 1.85. The molecule has 0 N–H and O–H groups in total. The predicted octanol–water partition coefficient (Wildman–Crippen LogP) is 2.66. The van der Waals surface area contributed by atoms with Crippen molar-refractivity contribution in [1.82, 2.24) is 0 Å². The lowest BCUT2D eigenvalue weighted by atomic mass is 10.1. The summed E-state index contributed by atoms with van der Waals surface area (Å²) in [5.41, 5.74) is 1.31. The molecule has 0 saturated carbocycles. The van der Waals surface area contributed by atoms with Gasteiger partial charge in [-0.25, -0.2) is 8.42 Å². The van der Waals surface area contributed by atoms with Crippen LogP contribution in [0.2, 0.25) is 0 Å². The Kier molecular flexibility index (Phi) is 4.43. The SMILES string of the molecule is COc1ccccc1S(=O)(=O)CC(=O)c1cccc(C)c1.